The molecule has 0 aliphatic carbocycles. The Bertz CT molecular complexity index is 522. The molecule has 1 aliphatic rings. The molecule has 1 amide bonds. The normalized spacial score (nSPS) is 18.5. The second-order valence-electron chi connectivity index (χ2n) is 5.04. The lowest BCUT2D eigenvalue weighted by atomic mass is 10.2. The second-order valence-corrected chi connectivity index (χ2v) is 5.04. The number of benzene rings is 1. The largest absolute Gasteiger partial charge is 0.492 e. The SMILES string of the molecule is O=C(O)N1CCC(NCCOc2cccc(C(F)(F)F)c2)C1. The van der Waals surface area contributed by atoms with Crippen LogP contribution in [0.2, 0.25) is 0 Å². The lowest BCUT2D eigenvalue weighted by molar-refractivity contribution is -0.137. The molecule has 8 heteroatoms. The molecule has 122 valence electrons. The Morgan fingerprint density at radius 2 is 2.23 bits per heavy atom. The Hall–Kier alpha value is -1.96. The van der Waals surface area contributed by atoms with Gasteiger partial charge in [-0.05, 0) is 24.6 Å². The van der Waals surface area contributed by atoms with Gasteiger partial charge < -0.3 is 20.1 Å². The Balaban J connectivity index is 1.72. The van der Waals surface area contributed by atoms with Crippen LogP contribution in [0.4, 0.5) is 18.0 Å². The van der Waals surface area contributed by atoms with Crippen molar-refractivity contribution in [2.45, 2.75) is 18.6 Å². The molecular weight excluding hydrogens is 301 g/mol. The molecule has 5 nitrogen and oxygen atoms in total. The lowest BCUT2D eigenvalue weighted by Gasteiger charge is -2.14. The van der Waals surface area contributed by atoms with Gasteiger partial charge in [0.15, 0.2) is 0 Å². The summed E-state index contributed by atoms with van der Waals surface area (Å²) in [6.07, 6.45) is -4.61. The van der Waals surface area contributed by atoms with Crippen molar-refractivity contribution in [3.63, 3.8) is 0 Å². The quantitative estimate of drug-likeness (QED) is 0.819. The third kappa shape index (κ3) is 4.52. The molecule has 1 aliphatic heterocycles. The minimum Gasteiger partial charge on any atom is -0.492 e. The topological polar surface area (TPSA) is 61.8 Å². The van der Waals surface area contributed by atoms with E-state index in [-0.39, 0.29) is 18.4 Å². The van der Waals surface area contributed by atoms with E-state index in [1.54, 1.807) is 0 Å². The minimum absolute atomic E-state index is 0.0567. The summed E-state index contributed by atoms with van der Waals surface area (Å²) in [7, 11) is 0. The van der Waals surface area contributed by atoms with Crippen molar-refractivity contribution >= 4 is 6.09 Å². The second kappa shape index (κ2) is 6.87. The zero-order valence-electron chi connectivity index (χ0n) is 11.8. The third-order valence-electron chi connectivity index (χ3n) is 3.42. The van der Waals surface area contributed by atoms with E-state index >= 15 is 0 Å². The summed E-state index contributed by atoms with van der Waals surface area (Å²) in [5.41, 5.74) is -0.745. The first-order valence-electron chi connectivity index (χ1n) is 6.87. The molecule has 22 heavy (non-hydrogen) atoms. The number of halogens is 3. The number of hydrogen-bond donors (Lipinski definition) is 2. The van der Waals surface area contributed by atoms with Crippen LogP contribution in [0.1, 0.15) is 12.0 Å². The zero-order chi connectivity index (χ0) is 16.2. The van der Waals surface area contributed by atoms with Gasteiger partial charge in [0.05, 0.1) is 5.56 Å². The van der Waals surface area contributed by atoms with Crippen molar-refractivity contribution in [3.05, 3.63) is 29.8 Å². The first kappa shape index (κ1) is 16.4. The molecule has 1 saturated heterocycles. The summed E-state index contributed by atoms with van der Waals surface area (Å²) in [4.78, 5) is 12.1. The van der Waals surface area contributed by atoms with Crippen LogP contribution in [0.5, 0.6) is 5.75 Å². The van der Waals surface area contributed by atoms with E-state index in [1.165, 1.54) is 17.0 Å². The van der Waals surface area contributed by atoms with Gasteiger partial charge in [-0.25, -0.2) is 4.79 Å². The molecule has 0 radical (unpaired) electrons. The van der Waals surface area contributed by atoms with Crippen molar-refractivity contribution in [1.82, 2.24) is 10.2 Å². The molecule has 1 fully saturated rings. The van der Waals surface area contributed by atoms with Gasteiger partial charge in [-0.3, -0.25) is 0 Å². The fraction of sp³-hybridized carbons (Fsp3) is 0.500. The highest BCUT2D eigenvalue weighted by Crippen LogP contribution is 2.31. The van der Waals surface area contributed by atoms with Gasteiger partial charge >= 0.3 is 12.3 Å². The van der Waals surface area contributed by atoms with Gasteiger partial charge in [-0.1, -0.05) is 6.07 Å². The third-order valence-corrected chi connectivity index (χ3v) is 3.42. The van der Waals surface area contributed by atoms with E-state index in [1.807, 2.05) is 0 Å². The van der Waals surface area contributed by atoms with Crippen LogP contribution in [0.15, 0.2) is 24.3 Å². The molecule has 1 atom stereocenters. The van der Waals surface area contributed by atoms with Gasteiger partial charge in [0.1, 0.15) is 12.4 Å². The smallest absolute Gasteiger partial charge is 0.416 e. The van der Waals surface area contributed by atoms with E-state index in [0.717, 1.165) is 18.6 Å². The van der Waals surface area contributed by atoms with E-state index in [9.17, 15) is 18.0 Å². The van der Waals surface area contributed by atoms with Gasteiger partial charge in [0.25, 0.3) is 0 Å². The van der Waals surface area contributed by atoms with E-state index < -0.39 is 17.8 Å². The van der Waals surface area contributed by atoms with Crippen LogP contribution in [-0.4, -0.2) is 48.4 Å². The molecule has 0 bridgehead atoms. The van der Waals surface area contributed by atoms with Crippen molar-refractivity contribution in [2.75, 3.05) is 26.2 Å². The number of carbonyl (C=O) groups is 1. The molecule has 2 rings (SSSR count). The molecule has 0 spiro atoms. The highest BCUT2D eigenvalue weighted by molar-refractivity contribution is 5.65. The molecule has 0 saturated carbocycles. The summed E-state index contributed by atoms with van der Waals surface area (Å²) in [5, 5.41) is 12.0. The van der Waals surface area contributed by atoms with Crippen molar-refractivity contribution in [2.24, 2.45) is 0 Å². The van der Waals surface area contributed by atoms with Gasteiger partial charge in [-0.15, -0.1) is 0 Å². The number of carboxylic acid groups (broad SMARTS) is 1. The Morgan fingerprint density at radius 3 is 2.86 bits per heavy atom. The average Bonchev–Trinajstić information content (AvgIpc) is 2.92. The molecular formula is C14H17F3N2O3. The average molecular weight is 318 g/mol. The number of hydrogen-bond acceptors (Lipinski definition) is 3. The van der Waals surface area contributed by atoms with Crippen LogP contribution < -0.4 is 10.1 Å². The number of rotatable bonds is 5. The van der Waals surface area contributed by atoms with Gasteiger partial charge in [-0.2, -0.15) is 13.2 Å². The monoisotopic (exact) mass is 318 g/mol. The highest BCUT2D eigenvalue weighted by Gasteiger charge is 2.30. The summed E-state index contributed by atoms with van der Waals surface area (Å²) in [6, 6.07) is 4.78. The van der Waals surface area contributed by atoms with Crippen molar-refractivity contribution in [3.8, 4) is 5.75 Å². The molecule has 2 N–H and O–H groups in total. The van der Waals surface area contributed by atoms with Crippen molar-refractivity contribution < 1.29 is 27.8 Å². The summed E-state index contributed by atoms with van der Waals surface area (Å²) < 4.78 is 42.9. The maximum Gasteiger partial charge on any atom is 0.416 e. The highest BCUT2D eigenvalue weighted by atomic mass is 19.4. The minimum atomic E-state index is -4.39. The maximum absolute atomic E-state index is 12.5. The van der Waals surface area contributed by atoms with Crippen LogP contribution >= 0.6 is 0 Å². The summed E-state index contributed by atoms with van der Waals surface area (Å²) in [6.45, 7) is 1.56. The van der Waals surface area contributed by atoms with E-state index in [2.05, 4.69) is 5.32 Å². The summed E-state index contributed by atoms with van der Waals surface area (Å²) in [5.74, 6) is 0.162. The van der Waals surface area contributed by atoms with Crippen molar-refractivity contribution in [1.29, 1.82) is 0 Å². The first-order chi connectivity index (χ1) is 10.4. The van der Waals surface area contributed by atoms with Crippen LogP contribution in [-0.2, 0) is 6.18 Å². The fourth-order valence-corrected chi connectivity index (χ4v) is 2.29. The maximum atomic E-state index is 12.5. The predicted molar refractivity (Wildman–Crippen MR) is 72.9 cm³/mol. The van der Waals surface area contributed by atoms with Crippen LogP contribution in [0, 0.1) is 0 Å². The summed E-state index contributed by atoms with van der Waals surface area (Å²) >= 11 is 0. The Morgan fingerprint density at radius 1 is 1.45 bits per heavy atom. The molecule has 1 heterocycles. The first-order valence-corrected chi connectivity index (χ1v) is 6.87. The molecule has 1 unspecified atom stereocenters. The zero-order valence-corrected chi connectivity index (χ0v) is 11.8. The molecule has 1 aromatic carbocycles. The standard InChI is InChI=1S/C14H17F3N2O3/c15-14(16,17)10-2-1-3-12(8-10)22-7-5-18-11-4-6-19(9-11)13(20)21/h1-3,8,11,18H,4-7,9H2,(H,20,21). The number of ether oxygens (including phenoxy) is 1. The van der Waals surface area contributed by atoms with Gasteiger partial charge in [0, 0.05) is 25.7 Å². The van der Waals surface area contributed by atoms with Crippen LogP contribution in [0.3, 0.4) is 0 Å². The van der Waals surface area contributed by atoms with E-state index in [4.69, 9.17) is 9.84 Å². The lowest BCUT2D eigenvalue weighted by Crippen LogP contribution is -2.36. The number of likely N-dealkylation sites (tertiary alicyclic amines) is 1. The Labute approximate surface area is 125 Å². The fourth-order valence-electron chi connectivity index (χ4n) is 2.29. The molecule has 1 aromatic rings. The number of nitrogens with zero attached hydrogens (tertiary/aromatic N) is 1. The molecule has 0 aromatic heterocycles. The number of nitrogens with one attached hydrogen (secondary N) is 1. The van der Waals surface area contributed by atoms with Crippen LogP contribution in [0.25, 0.3) is 0 Å². The van der Waals surface area contributed by atoms with E-state index in [0.29, 0.717) is 19.6 Å². The Kier molecular flexibility index (Phi) is 5.12. The number of alkyl halides is 3. The van der Waals surface area contributed by atoms with Gasteiger partial charge in [0.2, 0.25) is 0 Å². The predicted octanol–water partition coefficient (Wildman–Crippen LogP) is 2.43. The number of amides is 1.